The monoisotopic (exact) mass is 355 g/mol. The predicted octanol–water partition coefficient (Wildman–Crippen LogP) is 3.19. The summed E-state index contributed by atoms with van der Waals surface area (Å²) in [6, 6.07) is 10.0. The zero-order valence-electron chi connectivity index (χ0n) is 16.0. The summed E-state index contributed by atoms with van der Waals surface area (Å²) in [7, 11) is 0. The lowest BCUT2D eigenvalue weighted by Gasteiger charge is -2.23. The van der Waals surface area contributed by atoms with Crippen molar-refractivity contribution < 1.29 is 4.79 Å². The molecule has 0 aromatic heterocycles. The molecule has 3 fully saturated rings. The van der Waals surface area contributed by atoms with Gasteiger partial charge in [0, 0.05) is 23.7 Å². The van der Waals surface area contributed by atoms with E-state index in [0.29, 0.717) is 24.0 Å². The highest BCUT2D eigenvalue weighted by atomic mass is 16.1. The molecular formula is C22H33N3O. The van der Waals surface area contributed by atoms with Crippen LogP contribution in [-0.4, -0.2) is 37.1 Å². The van der Waals surface area contributed by atoms with Crippen molar-refractivity contribution in [3.05, 3.63) is 35.4 Å². The Bertz CT molecular complexity index is 604. The van der Waals surface area contributed by atoms with Gasteiger partial charge in [0.05, 0.1) is 0 Å². The minimum atomic E-state index is 0.0765. The number of carbonyl (C=O) groups is 1. The number of benzene rings is 1. The van der Waals surface area contributed by atoms with Gasteiger partial charge in [-0.1, -0.05) is 12.1 Å². The van der Waals surface area contributed by atoms with E-state index < -0.39 is 0 Å². The van der Waals surface area contributed by atoms with Crippen molar-refractivity contribution >= 4 is 5.91 Å². The molecule has 0 bridgehead atoms. The molecule has 4 heteroatoms. The normalized spacial score (nSPS) is 28.0. The third-order valence-electron chi connectivity index (χ3n) is 6.58. The molecule has 0 spiro atoms. The minimum absolute atomic E-state index is 0.0765. The molecule has 26 heavy (non-hydrogen) atoms. The quantitative estimate of drug-likeness (QED) is 0.734. The summed E-state index contributed by atoms with van der Waals surface area (Å²) in [6.45, 7) is 4.35. The van der Waals surface area contributed by atoms with E-state index in [9.17, 15) is 4.79 Å². The summed E-state index contributed by atoms with van der Waals surface area (Å²) in [5.41, 5.74) is 2.19. The summed E-state index contributed by atoms with van der Waals surface area (Å²) in [5.74, 6) is 1.64. The molecule has 1 saturated heterocycles. The fraction of sp³-hybridized carbons (Fsp3) is 0.682. The average Bonchev–Trinajstić information content (AvgIpc) is 3.42. The Kier molecular flexibility index (Phi) is 5.60. The van der Waals surface area contributed by atoms with Crippen molar-refractivity contribution in [3.63, 3.8) is 0 Å². The van der Waals surface area contributed by atoms with Gasteiger partial charge in [-0.05, 0) is 94.5 Å². The summed E-state index contributed by atoms with van der Waals surface area (Å²) < 4.78 is 0. The molecule has 4 rings (SSSR count). The van der Waals surface area contributed by atoms with Gasteiger partial charge in [-0.2, -0.15) is 0 Å². The molecule has 1 heterocycles. The summed E-state index contributed by atoms with van der Waals surface area (Å²) in [6.07, 6.45) is 8.64. The van der Waals surface area contributed by atoms with Crippen LogP contribution in [0.15, 0.2) is 24.3 Å². The van der Waals surface area contributed by atoms with Gasteiger partial charge < -0.3 is 16.0 Å². The smallest absolute Gasteiger partial charge is 0.251 e. The minimum Gasteiger partial charge on any atom is -0.349 e. The Balaban J connectivity index is 1.29. The Hall–Kier alpha value is -1.39. The molecule has 1 unspecified atom stereocenters. The maximum Gasteiger partial charge on any atom is 0.251 e. The van der Waals surface area contributed by atoms with Crippen molar-refractivity contribution in [1.82, 2.24) is 16.0 Å². The van der Waals surface area contributed by atoms with Gasteiger partial charge >= 0.3 is 0 Å². The van der Waals surface area contributed by atoms with Crippen LogP contribution in [0.5, 0.6) is 0 Å². The number of carbonyl (C=O) groups excluding carboxylic acids is 1. The van der Waals surface area contributed by atoms with Crippen molar-refractivity contribution in [2.24, 2.45) is 5.92 Å². The third-order valence-corrected chi connectivity index (χ3v) is 6.58. The van der Waals surface area contributed by atoms with Crippen LogP contribution < -0.4 is 16.0 Å². The van der Waals surface area contributed by atoms with Gasteiger partial charge in [-0.25, -0.2) is 0 Å². The summed E-state index contributed by atoms with van der Waals surface area (Å²) in [5, 5.41) is 10.4. The van der Waals surface area contributed by atoms with Crippen LogP contribution in [-0.2, 0) is 0 Å². The molecule has 3 aliphatic rings. The van der Waals surface area contributed by atoms with E-state index in [2.05, 4.69) is 35.0 Å². The van der Waals surface area contributed by atoms with Crippen LogP contribution in [0.3, 0.4) is 0 Å². The SMILES string of the molecule is C[C@@H](N[C@H]1CCC(c2ccc(C(=O)NC3CCNCC3)cc2)C1)C1CC1. The first-order valence-electron chi connectivity index (χ1n) is 10.6. The molecule has 142 valence electrons. The fourth-order valence-electron chi connectivity index (χ4n) is 4.68. The molecule has 2 aliphatic carbocycles. The van der Waals surface area contributed by atoms with Gasteiger partial charge in [-0.15, -0.1) is 0 Å². The number of nitrogens with one attached hydrogen (secondary N) is 3. The first-order valence-corrected chi connectivity index (χ1v) is 10.6. The molecule has 1 aromatic rings. The van der Waals surface area contributed by atoms with E-state index in [1.54, 1.807) is 0 Å². The van der Waals surface area contributed by atoms with Crippen LogP contribution in [0.2, 0.25) is 0 Å². The number of rotatable bonds is 6. The second-order valence-corrected chi connectivity index (χ2v) is 8.62. The highest BCUT2D eigenvalue weighted by Gasteiger charge is 2.32. The lowest BCUT2D eigenvalue weighted by atomic mass is 9.96. The van der Waals surface area contributed by atoms with E-state index in [1.807, 2.05) is 12.1 Å². The lowest BCUT2D eigenvalue weighted by Crippen LogP contribution is -2.42. The second kappa shape index (κ2) is 8.10. The van der Waals surface area contributed by atoms with Crippen LogP contribution in [0, 0.1) is 5.92 Å². The van der Waals surface area contributed by atoms with Gasteiger partial charge in [0.15, 0.2) is 0 Å². The Morgan fingerprint density at radius 1 is 1.00 bits per heavy atom. The molecule has 3 atom stereocenters. The zero-order valence-corrected chi connectivity index (χ0v) is 16.0. The van der Waals surface area contributed by atoms with E-state index >= 15 is 0 Å². The van der Waals surface area contributed by atoms with Gasteiger partial charge in [0.2, 0.25) is 0 Å². The molecular weight excluding hydrogens is 322 g/mol. The van der Waals surface area contributed by atoms with Crippen LogP contribution in [0.1, 0.15) is 73.7 Å². The van der Waals surface area contributed by atoms with Crippen LogP contribution in [0.4, 0.5) is 0 Å². The summed E-state index contributed by atoms with van der Waals surface area (Å²) >= 11 is 0. The molecule has 1 aromatic carbocycles. The van der Waals surface area contributed by atoms with Gasteiger partial charge in [-0.3, -0.25) is 4.79 Å². The second-order valence-electron chi connectivity index (χ2n) is 8.62. The van der Waals surface area contributed by atoms with Crippen molar-refractivity contribution in [2.75, 3.05) is 13.1 Å². The van der Waals surface area contributed by atoms with E-state index in [0.717, 1.165) is 37.4 Å². The van der Waals surface area contributed by atoms with E-state index in [4.69, 9.17) is 0 Å². The number of amides is 1. The average molecular weight is 356 g/mol. The first-order chi connectivity index (χ1) is 12.7. The van der Waals surface area contributed by atoms with Crippen molar-refractivity contribution in [2.45, 2.75) is 75.9 Å². The third kappa shape index (κ3) is 4.47. The summed E-state index contributed by atoms with van der Waals surface area (Å²) in [4.78, 5) is 12.4. The molecule has 0 radical (unpaired) electrons. The van der Waals surface area contributed by atoms with Crippen LogP contribution in [0.25, 0.3) is 0 Å². The van der Waals surface area contributed by atoms with Gasteiger partial charge in [0.25, 0.3) is 5.91 Å². The number of hydrogen-bond acceptors (Lipinski definition) is 3. The lowest BCUT2D eigenvalue weighted by molar-refractivity contribution is 0.0929. The highest BCUT2D eigenvalue weighted by molar-refractivity contribution is 5.94. The van der Waals surface area contributed by atoms with E-state index in [-0.39, 0.29) is 5.91 Å². The van der Waals surface area contributed by atoms with Crippen molar-refractivity contribution in [1.29, 1.82) is 0 Å². The maximum atomic E-state index is 12.4. The maximum absolute atomic E-state index is 12.4. The van der Waals surface area contributed by atoms with Gasteiger partial charge in [0.1, 0.15) is 0 Å². The molecule has 1 amide bonds. The number of piperidine rings is 1. The predicted molar refractivity (Wildman–Crippen MR) is 106 cm³/mol. The molecule has 1 aliphatic heterocycles. The topological polar surface area (TPSA) is 53.2 Å². The standard InChI is InChI=1S/C22H33N3O/c1-15(16-2-3-16)24-21-9-8-19(14-21)17-4-6-18(7-5-17)22(26)25-20-10-12-23-13-11-20/h4-7,15-16,19-21,23-24H,2-3,8-14H2,1H3,(H,25,26)/t15-,19?,21+/m1/s1. The van der Waals surface area contributed by atoms with Crippen LogP contribution >= 0.6 is 0 Å². The Morgan fingerprint density at radius 2 is 1.73 bits per heavy atom. The van der Waals surface area contributed by atoms with Crippen molar-refractivity contribution in [3.8, 4) is 0 Å². The first kappa shape index (κ1) is 18.0. The number of hydrogen-bond donors (Lipinski definition) is 3. The molecule has 3 N–H and O–H groups in total. The zero-order chi connectivity index (χ0) is 17.9. The molecule has 4 nitrogen and oxygen atoms in total. The van der Waals surface area contributed by atoms with E-state index in [1.165, 1.54) is 37.7 Å². The Morgan fingerprint density at radius 3 is 2.42 bits per heavy atom. The highest BCUT2D eigenvalue weighted by Crippen LogP contribution is 2.37. The fourth-order valence-corrected chi connectivity index (χ4v) is 4.68. The molecule has 2 saturated carbocycles. The largest absolute Gasteiger partial charge is 0.349 e. The Labute approximate surface area is 157 Å².